The highest BCUT2D eigenvalue weighted by atomic mass is 19.1. The third kappa shape index (κ3) is 3.66. The SMILES string of the molecule is COc1ccc(F)c(CNC(=O)N2C[C@H](OC)C[C@H]2CO)c1. The molecule has 122 valence electrons. The molecule has 2 rings (SSSR count). The summed E-state index contributed by atoms with van der Waals surface area (Å²) < 4.78 is 24.0. The molecule has 1 saturated heterocycles. The van der Waals surface area contributed by atoms with Crippen LogP contribution in [0.4, 0.5) is 9.18 Å². The third-order valence-electron chi connectivity index (χ3n) is 3.86. The minimum atomic E-state index is -0.406. The zero-order valence-corrected chi connectivity index (χ0v) is 12.7. The Morgan fingerprint density at radius 3 is 2.91 bits per heavy atom. The lowest BCUT2D eigenvalue weighted by Crippen LogP contribution is -2.44. The molecule has 1 heterocycles. The number of ether oxygens (including phenoxy) is 2. The minimum absolute atomic E-state index is 0.0498. The van der Waals surface area contributed by atoms with Crippen molar-refractivity contribution in [2.45, 2.75) is 25.1 Å². The number of aliphatic hydroxyl groups is 1. The van der Waals surface area contributed by atoms with Gasteiger partial charge in [-0.2, -0.15) is 0 Å². The summed E-state index contributed by atoms with van der Waals surface area (Å²) in [5.41, 5.74) is 0.343. The highest BCUT2D eigenvalue weighted by molar-refractivity contribution is 5.75. The van der Waals surface area contributed by atoms with Gasteiger partial charge in [0.2, 0.25) is 0 Å². The molecular formula is C15H21FN2O4. The summed E-state index contributed by atoms with van der Waals surface area (Å²) in [5.74, 6) is 0.121. The van der Waals surface area contributed by atoms with E-state index in [0.29, 0.717) is 24.3 Å². The number of methoxy groups -OCH3 is 2. The summed E-state index contributed by atoms with van der Waals surface area (Å²) in [6.07, 6.45) is 0.505. The minimum Gasteiger partial charge on any atom is -0.497 e. The average molecular weight is 312 g/mol. The van der Waals surface area contributed by atoms with E-state index in [1.807, 2.05) is 0 Å². The van der Waals surface area contributed by atoms with Gasteiger partial charge in [0, 0.05) is 25.8 Å². The van der Waals surface area contributed by atoms with E-state index in [2.05, 4.69) is 5.32 Å². The zero-order valence-electron chi connectivity index (χ0n) is 12.7. The zero-order chi connectivity index (χ0) is 16.1. The molecule has 1 aliphatic heterocycles. The number of benzene rings is 1. The fraction of sp³-hybridized carbons (Fsp3) is 0.533. The molecule has 22 heavy (non-hydrogen) atoms. The second-order valence-electron chi connectivity index (χ2n) is 5.20. The van der Waals surface area contributed by atoms with Gasteiger partial charge in [-0.1, -0.05) is 0 Å². The number of nitrogens with zero attached hydrogens (tertiary/aromatic N) is 1. The number of aliphatic hydroxyl groups excluding tert-OH is 1. The van der Waals surface area contributed by atoms with Crippen LogP contribution in [0.3, 0.4) is 0 Å². The second-order valence-corrected chi connectivity index (χ2v) is 5.20. The van der Waals surface area contributed by atoms with E-state index in [1.165, 1.54) is 24.1 Å². The molecule has 0 unspecified atom stereocenters. The van der Waals surface area contributed by atoms with Gasteiger partial charge >= 0.3 is 6.03 Å². The molecule has 0 spiro atoms. The normalized spacial score (nSPS) is 21.0. The Bertz CT molecular complexity index is 526. The monoisotopic (exact) mass is 312 g/mol. The third-order valence-corrected chi connectivity index (χ3v) is 3.86. The highest BCUT2D eigenvalue weighted by Crippen LogP contribution is 2.20. The Labute approximate surface area is 128 Å². The van der Waals surface area contributed by atoms with Crippen LogP contribution in [0.5, 0.6) is 5.75 Å². The van der Waals surface area contributed by atoms with Crippen molar-refractivity contribution >= 4 is 6.03 Å². The van der Waals surface area contributed by atoms with Crippen LogP contribution in [0.1, 0.15) is 12.0 Å². The number of rotatable bonds is 5. The van der Waals surface area contributed by atoms with E-state index in [1.54, 1.807) is 13.2 Å². The summed E-state index contributed by atoms with van der Waals surface area (Å²) in [5, 5.41) is 12.0. The molecule has 2 atom stereocenters. The van der Waals surface area contributed by atoms with Gasteiger partial charge in [-0.3, -0.25) is 0 Å². The van der Waals surface area contributed by atoms with Crippen molar-refractivity contribution in [3.05, 3.63) is 29.6 Å². The van der Waals surface area contributed by atoms with Crippen molar-refractivity contribution in [2.75, 3.05) is 27.4 Å². The number of likely N-dealkylation sites (tertiary alicyclic amines) is 1. The van der Waals surface area contributed by atoms with Crippen LogP contribution in [0.25, 0.3) is 0 Å². The van der Waals surface area contributed by atoms with E-state index in [4.69, 9.17) is 9.47 Å². The molecule has 7 heteroatoms. The molecule has 1 aromatic rings. The molecular weight excluding hydrogens is 291 g/mol. The van der Waals surface area contributed by atoms with Gasteiger partial charge < -0.3 is 24.8 Å². The largest absolute Gasteiger partial charge is 0.497 e. The first-order valence-electron chi connectivity index (χ1n) is 7.09. The maximum Gasteiger partial charge on any atom is 0.318 e. The number of urea groups is 1. The highest BCUT2D eigenvalue weighted by Gasteiger charge is 2.34. The summed E-state index contributed by atoms with van der Waals surface area (Å²) in [7, 11) is 3.07. The van der Waals surface area contributed by atoms with Crippen molar-refractivity contribution in [1.82, 2.24) is 10.2 Å². The molecule has 1 aliphatic rings. The van der Waals surface area contributed by atoms with E-state index < -0.39 is 5.82 Å². The lowest BCUT2D eigenvalue weighted by molar-refractivity contribution is 0.110. The first-order chi connectivity index (χ1) is 10.6. The molecule has 1 fully saturated rings. The van der Waals surface area contributed by atoms with Crippen molar-refractivity contribution < 1.29 is 23.8 Å². The van der Waals surface area contributed by atoms with Crippen LogP contribution >= 0.6 is 0 Å². The molecule has 0 aliphatic carbocycles. The van der Waals surface area contributed by atoms with Gasteiger partial charge in [0.25, 0.3) is 0 Å². The van der Waals surface area contributed by atoms with Gasteiger partial charge in [0.15, 0.2) is 0 Å². The lowest BCUT2D eigenvalue weighted by Gasteiger charge is -2.23. The molecule has 0 saturated carbocycles. The Balaban J connectivity index is 1.98. The number of nitrogens with one attached hydrogen (secondary N) is 1. The molecule has 0 bridgehead atoms. The van der Waals surface area contributed by atoms with Crippen LogP contribution in [0.2, 0.25) is 0 Å². The second kappa shape index (κ2) is 7.42. The summed E-state index contributed by atoms with van der Waals surface area (Å²) in [6.45, 7) is 0.336. The van der Waals surface area contributed by atoms with Gasteiger partial charge in [0.05, 0.1) is 25.9 Å². The van der Waals surface area contributed by atoms with Crippen LogP contribution < -0.4 is 10.1 Å². The standard InChI is InChI=1S/C15H21FN2O4/c1-21-12-3-4-14(16)10(5-12)7-17-15(20)18-8-13(22-2)6-11(18)9-19/h3-5,11,13,19H,6-9H2,1-2H3,(H,17,20)/t11-,13+/m0/s1. The Morgan fingerprint density at radius 2 is 2.27 bits per heavy atom. The van der Waals surface area contributed by atoms with Crippen molar-refractivity contribution in [3.63, 3.8) is 0 Å². The van der Waals surface area contributed by atoms with Gasteiger partial charge in [-0.25, -0.2) is 9.18 Å². The van der Waals surface area contributed by atoms with Crippen molar-refractivity contribution in [3.8, 4) is 5.75 Å². The maximum atomic E-state index is 13.7. The van der Waals surface area contributed by atoms with Crippen LogP contribution in [0, 0.1) is 5.82 Å². The van der Waals surface area contributed by atoms with Gasteiger partial charge in [0.1, 0.15) is 11.6 Å². The molecule has 2 N–H and O–H groups in total. The summed E-state index contributed by atoms with van der Waals surface area (Å²) in [4.78, 5) is 13.7. The van der Waals surface area contributed by atoms with Gasteiger partial charge in [-0.05, 0) is 24.6 Å². The smallest absolute Gasteiger partial charge is 0.318 e. The van der Waals surface area contributed by atoms with E-state index in [9.17, 15) is 14.3 Å². The molecule has 6 nitrogen and oxygen atoms in total. The fourth-order valence-electron chi connectivity index (χ4n) is 2.55. The Morgan fingerprint density at radius 1 is 1.50 bits per heavy atom. The van der Waals surface area contributed by atoms with E-state index >= 15 is 0 Å². The number of hydrogen-bond donors (Lipinski definition) is 2. The summed E-state index contributed by atoms with van der Waals surface area (Å²) >= 11 is 0. The first kappa shape index (κ1) is 16.5. The van der Waals surface area contributed by atoms with Crippen molar-refractivity contribution in [1.29, 1.82) is 0 Å². The molecule has 0 aromatic heterocycles. The van der Waals surface area contributed by atoms with Crippen LogP contribution in [-0.4, -0.2) is 55.6 Å². The van der Waals surface area contributed by atoms with Gasteiger partial charge in [-0.15, -0.1) is 0 Å². The quantitative estimate of drug-likeness (QED) is 0.855. The van der Waals surface area contributed by atoms with E-state index in [0.717, 1.165) is 0 Å². The van der Waals surface area contributed by atoms with Crippen LogP contribution in [0.15, 0.2) is 18.2 Å². The van der Waals surface area contributed by atoms with Crippen LogP contribution in [-0.2, 0) is 11.3 Å². The number of carbonyl (C=O) groups excluding carboxylic acids is 1. The number of hydrogen-bond acceptors (Lipinski definition) is 4. The number of carbonyl (C=O) groups is 1. The predicted octanol–water partition coefficient (Wildman–Crippen LogP) is 1.13. The molecule has 2 amide bonds. The molecule has 0 radical (unpaired) electrons. The van der Waals surface area contributed by atoms with E-state index in [-0.39, 0.29) is 31.3 Å². The topological polar surface area (TPSA) is 71.0 Å². The summed E-state index contributed by atoms with van der Waals surface area (Å²) in [6, 6.07) is 3.74. The number of amides is 2. The lowest BCUT2D eigenvalue weighted by atomic mass is 10.2. The Hall–Kier alpha value is -1.86. The molecule has 1 aromatic carbocycles. The predicted molar refractivity (Wildman–Crippen MR) is 78.2 cm³/mol. The fourth-order valence-corrected chi connectivity index (χ4v) is 2.55. The number of halogens is 1. The first-order valence-corrected chi connectivity index (χ1v) is 7.09. The maximum absolute atomic E-state index is 13.7. The van der Waals surface area contributed by atoms with Crippen molar-refractivity contribution in [2.24, 2.45) is 0 Å². The average Bonchev–Trinajstić information content (AvgIpc) is 2.97. The Kier molecular flexibility index (Phi) is 5.57.